The summed E-state index contributed by atoms with van der Waals surface area (Å²) in [6, 6.07) is 10.3. The van der Waals surface area contributed by atoms with E-state index in [1.807, 2.05) is 16.9 Å². The monoisotopic (exact) mass is 299 g/mol. The van der Waals surface area contributed by atoms with Gasteiger partial charge in [0, 0.05) is 25.5 Å². The van der Waals surface area contributed by atoms with Gasteiger partial charge >= 0.3 is 0 Å². The van der Waals surface area contributed by atoms with Gasteiger partial charge in [-0.05, 0) is 17.2 Å². The highest BCUT2D eigenvalue weighted by molar-refractivity contribution is 5.78. The molecule has 3 rings (SSSR count). The van der Waals surface area contributed by atoms with E-state index in [2.05, 4.69) is 39.3 Å². The van der Waals surface area contributed by atoms with Gasteiger partial charge in [-0.3, -0.25) is 4.68 Å². The Morgan fingerprint density at radius 1 is 1.23 bits per heavy atom. The Bertz CT molecular complexity index is 617. The molecule has 0 spiro atoms. The zero-order valence-electron chi connectivity index (χ0n) is 12.6. The van der Waals surface area contributed by atoms with Crippen molar-refractivity contribution in [3.63, 3.8) is 0 Å². The fourth-order valence-corrected chi connectivity index (χ4v) is 2.47. The number of hydrogen-bond acceptors (Lipinski definition) is 3. The molecule has 1 aromatic heterocycles. The topological polar surface area (TPSA) is 68.7 Å². The SMILES string of the molecule is NC(=NCc1cccc(Cn2cccn2)c1)N1CCOCC1. The van der Waals surface area contributed by atoms with Crippen molar-refractivity contribution >= 4 is 5.96 Å². The van der Waals surface area contributed by atoms with Crippen LogP contribution >= 0.6 is 0 Å². The van der Waals surface area contributed by atoms with E-state index in [0.29, 0.717) is 12.5 Å². The second-order valence-corrected chi connectivity index (χ2v) is 5.30. The first-order valence-corrected chi connectivity index (χ1v) is 7.49. The van der Waals surface area contributed by atoms with Crippen LogP contribution in [0.4, 0.5) is 0 Å². The molecule has 0 unspecified atom stereocenters. The summed E-state index contributed by atoms with van der Waals surface area (Å²) in [5.41, 5.74) is 8.41. The van der Waals surface area contributed by atoms with E-state index < -0.39 is 0 Å². The van der Waals surface area contributed by atoms with Crippen molar-refractivity contribution < 1.29 is 4.74 Å². The molecule has 0 aliphatic carbocycles. The van der Waals surface area contributed by atoms with Gasteiger partial charge in [-0.25, -0.2) is 4.99 Å². The van der Waals surface area contributed by atoms with Gasteiger partial charge in [0.1, 0.15) is 0 Å². The van der Waals surface area contributed by atoms with Crippen molar-refractivity contribution in [2.45, 2.75) is 13.1 Å². The molecule has 2 aromatic rings. The van der Waals surface area contributed by atoms with Crippen LogP contribution in [-0.4, -0.2) is 46.9 Å². The second kappa shape index (κ2) is 7.09. The van der Waals surface area contributed by atoms with Gasteiger partial charge in [-0.1, -0.05) is 24.3 Å². The molecule has 0 saturated carbocycles. The average Bonchev–Trinajstić information content (AvgIpc) is 3.07. The van der Waals surface area contributed by atoms with E-state index in [4.69, 9.17) is 10.5 Å². The lowest BCUT2D eigenvalue weighted by molar-refractivity contribution is 0.0674. The van der Waals surface area contributed by atoms with Gasteiger partial charge in [0.2, 0.25) is 0 Å². The molecular formula is C16H21N5O. The van der Waals surface area contributed by atoms with E-state index in [0.717, 1.165) is 38.4 Å². The molecule has 6 heteroatoms. The summed E-state index contributed by atoms with van der Waals surface area (Å²) in [5.74, 6) is 0.598. The van der Waals surface area contributed by atoms with Crippen molar-refractivity contribution in [1.82, 2.24) is 14.7 Å². The lowest BCUT2D eigenvalue weighted by Gasteiger charge is -2.27. The minimum absolute atomic E-state index is 0.593. The summed E-state index contributed by atoms with van der Waals surface area (Å²) in [4.78, 5) is 6.57. The number of benzene rings is 1. The third-order valence-electron chi connectivity index (χ3n) is 3.65. The van der Waals surface area contributed by atoms with Crippen LogP contribution in [0.1, 0.15) is 11.1 Å². The largest absolute Gasteiger partial charge is 0.378 e. The molecule has 0 amide bonds. The van der Waals surface area contributed by atoms with Crippen LogP contribution in [0.15, 0.2) is 47.7 Å². The Kier molecular flexibility index (Phi) is 4.70. The van der Waals surface area contributed by atoms with E-state index in [9.17, 15) is 0 Å². The predicted molar refractivity (Wildman–Crippen MR) is 85.5 cm³/mol. The number of aromatic nitrogens is 2. The lowest BCUT2D eigenvalue weighted by Crippen LogP contribution is -2.44. The van der Waals surface area contributed by atoms with Crippen molar-refractivity contribution in [3.8, 4) is 0 Å². The van der Waals surface area contributed by atoms with Gasteiger partial charge in [0.15, 0.2) is 5.96 Å². The summed E-state index contributed by atoms with van der Waals surface area (Å²) in [6.45, 7) is 4.42. The molecule has 1 aromatic carbocycles. The molecule has 2 N–H and O–H groups in total. The molecule has 1 saturated heterocycles. The van der Waals surface area contributed by atoms with Gasteiger partial charge in [0.25, 0.3) is 0 Å². The Labute approximate surface area is 130 Å². The maximum Gasteiger partial charge on any atom is 0.191 e. The summed E-state index contributed by atoms with van der Waals surface area (Å²) in [5, 5.41) is 4.23. The number of aliphatic imine (C=N–C) groups is 1. The predicted octanol–water partition coefficient (Wildman–Crippen LogP) is 1.08. The van der Waals surface area contributed by atoms with E-state index >= 15 is 0 Å². The molecule has 0 radical (unpaired) electrons. The van der Waals surface area contributed by atoms with E-state index in [1.54, 1.807) is 6.20 Å². The number of morpholine rings is 1. The smallest absolute Gasteiger partial charge is 0.191 e. The van der Waals surface area contributed by atoms with Gasteiger partial charge in [0.05, 0.1) is 26.3 Å². The number of nitrogens with two attached hydrogens (primary N) is 1. The summed E-state index contributed by atoms with van der Waals surface area (Å²) >= 11 is 0. The summed E-state index contributed by atoms with van der Waals surface area (Å²) in [6.07, 6.45) is 3.75. The molecule has 116 valence electrons. The van der Waals surface area contributed by atoms with Crippen molar-refractivity contribution in [2.24, 2.45) is 10.7 Å². The molecule has 1 aliphatic heterocycles. The molecule has 1 aliphatic rings. The third-order valence-corrected chi connectivity index (χ3v) is 3.65. The highest BCUT2D eigenvalue weighted by Gasteiger charge is 2.11. The van der Waals surface area contributed by atoms with Crippen LogP contribution in [0.5, 0.6) is 0 Å². The maximum atomic E-state index is 6.05. The number of rotatable bonds is 4. The van der Waals surface area contributed by atoms with Crippen LogP contribution in [0.3, 0.4) is 0 Å². The lowest BCUT2D eigenvalue weighted by atomic mass is 10.1. The minimum Gasteiger partial charge on any atom is -0.378 e. The summed E-state index contributed by atoms with van der Waals surface area (Å²) in [7, 11) is 0. The number of guanidine groups is 1. The van der Waals surface area contributed by atoms with Crippen molar-refractivity contribution in [2.75, 3.05) is 26.3 Å². The molecule has 0 bridgehead atoms. The third kappa shape index (κ3) is 3.85. The highest BCUT2D eigenvalue weighted by Crippen LogP contribution is 2.08. The van der Waals surface area contributed by atoms with Crippen LogP contribution in [-0.2, 0) is 17.8 Å². The zero-order valence-corrected chi connectivity index (χ0v) is 12.6. The van der Waals surface area contributed by atoms with Crippen LogP contribution in [0.25, 0.3) is 0 Å². The van der Waals surface area contributed by atoms with Crippen molar-refractivity contribution in [3.05, 3.63) is 53.9 Å². The Balaban J connectivity index is 1.62. The Morgan fingerprint density at radius 3 is 2.82 bits per heavy atom. The van der Waals surface area contributed by atoms with E-state index in [1.165, 1.54) is 5.56 Å². The van der Waals surface area contributed by atoms with Crippen molar-refractivity contribution in [1.29, 1.82) is 0 Å². The Hall–Kier alpha value is -2.34. The normalized spacial score (nSPS) is 16.0. The molecular weight excluding hydrogens is 278 g/mol. The van der Waals surface area contributed by atoms with E-state index in [-0.39, 0.29) is 0 Å². The molecule has 0 atom stereocenters. The highest BCUT2D eigenvalue weighted by atomic mass is 16.5. The standard InChI is InChI=1S/C16H21N5O/c17-16(20-7-9-22-10-8-20)18-12-14-3-1-4-15(11-14)13-21-6-2-5-19-21/h1-6,11H,7-10,12-13H2,(H2,17,18). The average molecular weight is 299 g/mol. The van der Waals surface area contributed by atoms with Crippen LogP contribution in [0.2, 0.25) is 0 Å². The summed E-state index contributed by atoms with van der Waals surface area (Å²) < 4.78 is 7.23. The second-order valence-electron chi connectivity index (χ2n) is 5.30. The number of nitrogens with zero attached hydrogens (tertiary/aromatic N) is 4. The first-order chi connectivity index (χ1) is 10.8. The van der Waals surface area contributed by atoms with Crippen LogP contribution in [0, 0.1) is 0 Å². The molecule has 2 heterocycles. The van der Waals surface area contributed by atoms with Gasteiger partial charge in [-0.15, -0.1) is 0 Å². The quantitative estimate of drug-likeness (QED) is 0.677. The fourth-order valence-electron chi connectivity index (χ4n) is 2.47. The zero-order chi connectivity index (χ0) is 15.2. The molecule has 22 heavy (non-hydrogen) atoms. The molecule has 6 nitrogen and oxygen atoms in total. The van der Waals surface area contributed by atoms with Gasteiger partial charge in [-0.2, -0.15) is 5.10 Å². The van der Waals surface area contributed by atoms with Gasteiger partial charge < -0.3 is 15.4 Å². The number of ether oxygens (including phenoxy) is 1. The Morgan fingerprint density at radius 2 is 2.05 bits per heavy atom. The fraction of sp³-hybridized carbons (Fsp3) is 0.375. The number of hydrogen-bond donors (Lipinski definition) is 1. The maximum absolute atomic E-state index is 6.05. The first kappa shape index (κ1) is 14.6. The first-order valence-electron chi connectivity index (χ1n) is 7.49. The van der Waals surface area contributed by atoms with Crippen LogP contribution < -0.4 is 5.73 Å². The molecule has 1 fully saturated rings. The minimum atomic E-state index is 0.593.